The number of hydrogen-bond donors (Lipinski definition) is 3. The number of carbonyl (C=O) groups excluding carboxylic acids is 1. The van der Waals surface area contributed by atoms with Gasteiger partial charge in [-0.05, 0) is 38.5 Å². The van der Waals surface area contributed by atoms with E-state index in [4.69, 9.17) is 10.3 Å². The Labute approximate surface area is 141 Å². The molecule has 2 fully saturated rings. The lowest BCUT2D eigenvalue weighted by Gasteiger charge is -2.29. The van der Waals surface area contributed by atoms with Gasteiger partial charge < -0.3 is 15.6 Å². The maximum absolute atomic E-state index is 12.2. The Morgan fingerprint density at radius 2 is 1.88 bits per heavy atom. The van der Waals surface area contributed by atoms with Crippen LogP contribution in [0.3, 0.4) is 0 Å². The first-order valence-corrected chi connectivity index (χ1v) is 10.1. The van der Waals surface area contributed by atoms with Gasteiger partial charge in [0, 0.05) is 30.6 Å². The first-order valence-electron chi connectivity index (χ1n) is 8.44. The highest BCUT2D eigenvalue weighted by Gasteiger charge is 2.30. The fourth-order valence-electron chi connectivity index (χ4n) is 3.04. The molecule has 9 heteroatoms. The maximum Gasteiger partial charge on any atom is 0.273 e. The van der Waals surface area contributed by atoms with Gasteiger partial charge in [-0.15, -0.1) is 0 Å². The van der Waals surface area contributed by atoms with Crippen LogP contribution in [0.15, 0.2) is 10.6 Å². The second kappa shape index (κ2) is 7.20. The molecule has 8 nitrogen and oxygen atoms in total. The van der Waals surface area contributed by atoms with Gasteiger partial charge in [0.2, 0.25) is 10.0 Å². The first kappa shape index (κ1) is 17.4. The van der Waals surface area contributed by atoms with E-state index in [0.717, 1.165) is 31.4 Å². The van der Waals surface area contributed by atoms with Crippen molar-refractivity contribution < 1.29 is 17.7 Å². The lowest BCUT2D eigenvalue weighted by Crippen LogP contribution is -2.44. The van der Waals surface area contributed by atoms with Crippen molar-refractivity contribution in [2.75, 3.05) is 12.3 Å². The van der Waals surface area contributed by atoms with Gasteiger partial charge in [-0.2, -0.15) is 0 Å². The topological polar surface area (TPSA) is 127 Å². The standard InChI is InChI=1S/C15H24N4O4S/c16-7-8-24(21,22)19-12-5-3-11(4-6-12)17-15(20)13-9-14(23-18-13)10-1-2-10/h9-12,19H,1-8,16H2,(H,17,20)/t11-,12-. The van der Waals surface area contributed by atoms with Crippen molar-refractivity contribution in [3.05, 3.63) is 17.5 Å². The predicted octanol–water partition coefficient (Wildman–Crippen LogP) is 0.471. The second-order valence-corrected chi connectivity index (χ2v) is 8.51. The summed E-state index contributed by atoms with van der Waals surface area (Å²) in [6.45, 7) is 0.112. The number of hydrogen-bond acceptors (Lipinski definition) is 6. The zero-order chi connectivity index (χ0) is 17.2. The molecule has 3 rings (SSSR count). The highest BCUT2D eigenvalue weighted by Crippen LogP contribution is 2.40. The van der Waals surface area contributed by atoms with Crippen LogP contribution in [0.25, 0.3) is 0 Å². The van der Waals surface area contributed by atoms with Gasteiger partial charge in [-0.1, -0.05) is 5.16 Å². The molecular formula is C15H24N4O4S. The third kappa shape index (κ3) is 4.55. The second-order valence-electron chi connectivity index (χ2n) is 6.64. The molecule has 0 spiro atoms. The average molecular weight is 356 g/mol. The number of nitrogens with two attached hydrogens (primary N) is 1. The zero-order valence-electron chi connectivity index (χ0n) is 13.5. The minimum atomic E-state index is -3.30. The van der Waals surface area contributed by atoms with Gasteiger partial charge >= 0.3 is 0 Å². The van der Waals surface area contributed by atoms with Crippen molar-refractivity contribution in [2.45, 2.75) is 56.5 Å². The molecular weight excluding hydrogens is 332 g/mol. The van der Waals surface area contributed by atoms with E-state index in [1.807, 2.05) is 0 Å². The van der Waals surface area contributed by atoms with E-state index in [1.54, 1.807) is 6.07 Å². The quantitative estimate of drug-likeness (QED) is 0.652. The van der Waals surface area contributed by atoms with Crippen LogP contribution in [0.2, 0.25) is 0 Å². The molecule has 1 heterocycles. The largest absolute Gasteiger partial charge is 0.360 e. The molecule has 1 aromatic rings. The van der Waals surface area contributed by atoms with Gasteiger partial charge in [-0.25, -0.2) is 13.1 Å². The van der Waals surface area contributed by atoms with Gasteiger partial charge in [0.1, 0.15) is 5.76 Å². The van der Waals surface area contributed by atoms with E-state index in [-0.39, 0.29) is 30.3 Å². The summed E-state index contributed by atoms with van der Waals surface area (Å²) in [6, 6.07) is 1.68. The van der Waals surface area contributed by atoms with Crippen LogP contribution in [0.4, 0.5) is 0 Å². The summed E-state index contributed by atoms with van der Waals surface area (Å²) < 4.78 is 31.3. The molecule has 0 bridgehead atoms. The molecule has 0 radical (unpaired) electrons. The Hall–Kier alpha value is -1.45. The Kier molecular flexibility index (Phi) is 5.21. The van der Waals surface area contributed by atoms with Crippen LogP contribution in [-0.2, 0) is 10.0 Å². The molecule has 2 aliphatic rings. The molecule has 0 aliphatic heterocycles. The summed E-state index contributed by atoms with van der Waals surface area (Å²) in [5.41, 5.74) is 5.62. The Morgan fingerprint density at radius 3 is 2.50 bits per heavy atom. The highest BCUT2D eigenvalue weighted by molar-refractivity contribution is 7.89. The number of nitrogens with zero attached hydrogens (tertiary/aromatic N) is 1. The van der Waals surface area contributed by atoms with E-state index in [1.165, 1.54) is 0 Å². The van der Waals surface area contributed by atoms with Crippen molar-refractivity contribution >= 4 is 15.9 Å². The number of amides is 1. The smallest absolute Gasteiger partial charge is 0.273 e. The van der Waals surface area contributed by atoms with Gasteiger partial charge in [0.25, 0.3) is 5.91 Å². The molecule has 1 amide bonds. The molecule has 134 valence electrons. The Balaban J connectivity index is 1.45. The average Bonchev–Trinajstić information content (AvgIpc) is 3.26. The van der Waals surface area contributed by atoms with Crippen molar-refractivity contribution in [3.63, 3.8) is 0 Å². The monoisotopic (exact) mass is 356 g/mol. The molecule has 2 saturated carbocycles. The number of nitrogens with one attached hydrogen (secondary N) is 2. The maximum atomic E-state index is 12.2. The van der Waals surface area contributed by atoms with Gasteiger partial charge in [0.05, 0.1) is 5.75 Å². The number of rotatable bonds is 7. The van der Waals surface area contributed by atoms with Crippen LogP contribution in [0.1, 0.15) is 60.7 Å². The molecule has 0 aromatic carbocycles. The number of carbonyl (C=O) groups is 1. The van der Waals surface area contributed by atoms with E-state index < -0.39 is 10.0 Å². The van der Waals surface area contributed by atoms with Crippen LogP contribution in [0.5, 0.6) is 0 Å². The van der Waals surface area contributed by atoms with Crippen LogP contribution >= 0.6 is 0 Å². The van der Waals surface area contributed by atoms with Crippen LogP contribution in [0, 0.1) is 0 Å². The highest BCUT2D eigenvalue weighted by atomic mass is 32.2. The van der Waals surface area contributed by atoms with Crippen molar-refractivity contribution in [1.82, 2.24) is 15.2 Å². The molecule has 0 atom stereocenters. The Bertz CT molecular complexity index is 675. The molecule has 0 saturated heterocycles. The normalized spacial score (nSPS) is 24.7. The SMILES string of the molecule is NCCS(=O)(=O)N[C@H]1CC[C@H](NC(=O)c2cc(C3CC3)on2)CC1. The number of aromatic nitrogens is 1. The lowest BCUT2D eigenvalue weighted by atomic mass is 9.92. The van der Waals surface area contributed by atoms with Crippen LogP contribution < -0.4 is 15.8 Å². The molecule has 1 aromatic heterocycles. The molecule has 2 aliphatic carbocycles. The van der Waals surface area contributed by atoms with E-state index in [9.17, 15) is 13.2 Å². The third-order valence-corrected chi connectivity index (χ3v) is 6.00. The summed E-state index contributed by atoms with van der Waals surface area (Å²) in [5, 5.41) is 6.79. The molecule has 24 heavy (non-hydrogen) atoms. The summed E-state index contributed by atoms with van der Waals surface area (Å²) in [4.78, 5) is 12.2. The summed E-state index contributed by atoms with van der Waals surface area (Å²) in [5.74, 6) is 0.936. The van der Waals surface area contributed by atoms with Crippen molar-refractivity contribution in [3.8, 4) is 0 Å². The minimum absolute atomic E-state index is 0.0360. The third-order valence-electron chi connectivity index (χ3n) is 4.54. The predicted molar refractivity (Wildman–Crippen MR) is 88.0 cm³/mol. The summed E-state index contributed by atoms with van der Waals surface area (Å²) >= 11 is 0. The lowest BCUT2D eigenvalue weighted by molar-refractivity contribution is 0.0916. The van der Waals surface area contributed by atoms with E-state index >= 15 is 0 Å². The van der Waals surface area contributed by atoms with Gasteiger partial charge in [-0.3, -0.25) is 4.79 Å². The summed E-state index contributed by atoms with van der Waals surface area (Å²) in [7, 11) is -3.30. The van der Waals surface area contributed by atoms with E-state index in [0.29, 0.717) is 24.5 Å². The van der Waals surface area contributed by atoms with Crippen LogP contribution in [-0.4, -0.2) is 43.9 Å². The van der Waals surface area contributed by atoms with Gasteiger partial charge in [0.15, 0.2) is 5.69 Å². The van der Waals surface area contributed by atoms with E-state index in [2.05, 4.69) is 15.2 Å². The molecule has 4 N–H and O–H groups in total. The van der Waals surface area contributed by atoms with Crippen molar-refractivity contribution in [2.24, 2.45) is 5.73 Å². The zero-order valence-corrected chi connectivity index (χ0v) is 14.3. The minimum Gasteiger partial charge on any atom is -0.360 e. The number of sulfonamides is 1. The Morgan fingerprint density at radius 1 is 1.21 bits per heavy atom. The summed E-state index contributed by atoms with van der Waals surface area (Å²) in [6.07, 6.45) is 5.05. The molecule has 0 unspecified atom stereocenters. The fourth-order valence-corrected chi connectivity index (χ4v) is 4.21. The fraction of sp³-hybridized carbons (Fsp3) is 0.733. The van der Waals surface area contributed by atoms with Crippen molar-refractivity contribution in [1.29, 1.82) is 0 Å². The first-order chi connectivity index (χ1) is 11.5.